The number of allylic oxidation sites excluding steroid dienone is 1. The highest BCUT2D eigenvalue weighted by Gasteiger charge is 2.23. The van der Waals surface area contributed by atoms with Gasteiger partial charge in [0.15, 0.2) is 17.3 Å². The van der Waals surface area contributed by atoms with Gasteiger partial charge in [-0.2, -0.15) is 0 Å². The highest BCUT2D eigenvalue weighted by Crippen LogP contribution is 2.44. The Balaban J connectivity index is 2.64. The molecule has 0 saturated heterocycles. The van der Waals surface area contributed by atoms with E-state index in [1.807, 2.05) is 12.1 Å². The van der Waals surface area contributed by atoms with Crippen LogP contribution in [0.1, 0.15) is 24.5 Å². The number of carbonyl (C=O) groups excluding carboxylic acids is 1. The van der Waals surface area contributed by atoms with E-state index in [0.29, 0.717) is 17.2 Å². The monoisotopic (exact) mass is 262 g/mol. The quantitative estimate of drug-likeness (QED) is 0.836. The van der Waals surface area contributed by atoms with Crippen LogP contribution in [0.3, 0.4) is 0 Å². The third-order valence-corrected chi connectivity index (χ3v) is 3.39. The van der Waals surface area contributed by atoms with Crippen molar-refractivity contribution in [3.8, 4) is 17.2 Å². The number of ketones is 1. The lowest BCUT2D eigenvalue weighted by molar-refractivity contribution is -0.113. The molecule has 0 radical (unpaired) electrons. The van der Waals surface area contributed by atoms with E-state index in [2.05, 4.69) is 0 Å². The number of ether oxygens (including phenoxy) is 3. The number of carbonyl (C=O) groups is 1. The Morgan fingerprint density at radius 1 is 1.05 bits per heavy atom. The van der Waals surface area contributed by atoms with Crippen molar-refractivity contribution in [1.82, 2.24) is 0 Å². The average molecular weight is 262 g/mol. The average Bonchev–Trinajstić information content (AvgIpc) is 2.43. The molecule has 1 aliphatic carbocycles. The summed E-state index contributed by atoms with van der Waals surface area (Å²) in [7, 11) is 4.79. The molecule has 1 aliphatic rings. The molecule has 0 bridgehead atoms. The standard InChI is InChI=1S/C15H18O4/c1-9(16)10-5-6-12-11(7-10)8-13(17-2)15(19-4)14(12)18-3/h7-8H,5-6H2,1-4H3. The van der Waals surface area contributed by atoms with Crippen LogP contribution in [0.25, 0.3) is 6.08 Å². The van der Waals surface area contributed by atoms with Gasteiger partial charge in [-0.1, -0.05) is 0 Å². The minimum atomic E-state index is 0.111. The van der Waals surface area contributed by atoms with Crippen molar-refractivity contribution in [1.29, 1.82) is 0 Å². The molecule has 0 heterocycles. The van der Waals surface area contributed by atoms with Crippen LogP contribution in [0.15, 0.2) is 11.6 Å². The lowest BCUT2D eigenvalue weighted by Gasteiger charge is -2.21. The zero-order chi connectivity index (χ0) is 14.0. The number of methoxy groups -OCH3 is 3. The largest absolute Gasteiger partial charge is 0.493 e. The zero-order valence-corrected chi connectivity index (χ0v) is 11.7. The van der Waals surface area contributed by atoms with Gasteiger partial charge in [0, 0.05) is 5.56 Å². The molecule has 0 spiro atoms. The van der Waals surface area contributed by atoms with Gasteiger partial charge in [0.05, 0.1) is 21.3 Å². The first-order valence-corrected chi connectivity index (χ1v) is 6.15. The van der Waals surface area contributed by atoms with E-state index in [1.54, 1.807) is 28.3 Å². The van der Waals surface area contributed by atoms with Crippen LogP contribution in [0.2, 0.25) is 0 Å². The summed E-state index contributed by atoms with van der Waals surface area (Å²) < 4.78 is 16.1. The van der Waals surface area contributed by atoms with Gasteiger partial charge >= 0.3 is 0 Å². The van der Waals surface area contributed by atoms with Gasteiger partial charge < -0.3 is 14.2 Å². The highest BCUT2D eigenvalue weighted by atomic mass is 16.5. The van der Waals surface area contributed by atoms with Crippen LogP contribution >= 0.6 is 0 Å². The van der Waals surface area contributed by atoms with Crippen LogP contribution in [-0.2, 0) is 11.2 Å². The summed E-state index contributed by atoms with van der Waals surface area (Å²) >= 11 is 0. The zero-order valence-electron chi connectivity index (χ0n) is 11.7. The summed E-state index contributed by atoms with van der Waals surface area (Å²) in [6, 6.07) is 1.89. The Kier molecular flexibility index (Phi) is 3.79. The summed E-state index contributed by atoms with van der Waals surface area (Å²) in [5, 5.41) is 0. The predicted molar refractivity (Wildman–Crippen MR) is 73.1 cm³/mol. The SMILES string of the molecule is COc1cc2c(c(OC)c1OC)CCC(C(C)=O)=C2. The topological polar surface area (TPSA) is 44.8 Å². The molecule has 2 rings (SSSR count). The first-order chi connectivity index (χ1) is 9.12. The fraction of sp³-hybridized carbons (Fsp3) is 0.400. The second-order valence-corrected chi connectivity index (χ2v) is 4.44. The van der Waals surface area contributed by atoms with E-state index < -0.39 is 0 Å². The van der Waals surface area contributed by atoms with Gasteiger partial charge in [-0.05, 0) is 43.0 Å². The molecule has 19 heavy (non-hydrogen) atoms. The van der Waals surface area contributed by atoms with Crippen molar-refractivity contribution in [2.24, 2.45) is 0 Å². The molecule has 0 amide bonds. The maximum Gasteiger partial charge on any atom is 0.203 e. The molecule has 4 nitrogen and oxygen atoms in total. The van der Waals surface area contributed by atoms with E-state index in [-0.39, 0.29) is 5.78 Å². The first-order valence-electron chi connectivity index (χ1n) is 6.15. The van der Waals surface area contributed by atoms with Gasteiger partial charge in [-0.25, -0.2) is 0 Å². The van der Waals surface area contributed by atoms with Gasteiger partial charge in [-0.3, -0.25) is 4.79 Å². The van der Waals surface area contributed by atoms with Gasteiger partial charge in [0.2, 0.25) is 5.75 Å². The highest BCUT2D eigenvalue weighted by molar-refractivity contribution is 5.98. The summed E-state index contributed by atoms with van der Waals surface area (Å²) in [4.78, 5) is 11.5. The Labute approximate surface area is 113 Å². The number of rotatable bonds is 4. The second-order valence-electron chi connectivity index (χ2n) is 4.44. The van der Waals surface area contributed by atoms with Gasteiger partial charge in [-0.15, -0.1) is 0 Å². The molecule has 0 aliphatic heterocycles. The normalized spacial score (nSPS) is 13.4. The second kappa shape index (κ2) is 5.34. The van der Waals surface area contributed by atoms with Crippen molar-refractivity contribution < 1.29 is 19.0 Å². The molecule has 0 aromatic heterocycles. The molecular weight excluding hydrogens is 244 g/mol. The maximum atomic E-state index is 11.5. The lowest BCUT2D eigenvalue weighted by Crippen LogP contribution is -2.08. The van der Waals surface area contributed by atoms with Crippen LogP contribution in [0.4, 0.5) is 0 Å². The number of hydrogen-bond acceptors (Lipinski definition) is 4. The van der Waals surface area contributed by atoms with Crippen molar-refractivity contribution in [3.63, 3.8) is 0 Å². The van der Waals surface area contributed by atoms with Crippen LogP contribution in [0.5, 0.6) is 17.2 Å². The molecule has 0 saturated carbocycles. The van der Waals surface area contributed by atoms with E-state index >= 15 is 0 Å². The number of benzene rings is 1. The number of fused-ring (bicyclic) bond motifs is 1. The van der Waals surface area contributed by atoms with Crippen molar-refractivity contribution in [2.75, 3.05) is 21.3 Å². The maximum absolute atomic E-state index is 11.5. The van der Waals surface area contributed by atoms with Gasteiger partial charge in [0.25, 0.3) is 0 Å². The molecule has 0 N–H and O–H groups in total. The molecule has 102 valence electrons. The minimum absolute atomic E-state index is 0.111. The Bertz CT molecular complexity index is 544. The number of Topliss-reactive ketones (excluding diaryl/α,β-unsaturated/α-hetero) is 1. The molecule has 0 atom stereocenters. The third-order valence-electron chi connectivity index (χ3n) is 3.39. The van der Waals surface area contributed by atoms with Crippen LogP contribution < -0.4 is 14.2 Å². The van der Waals surface area contributed by atoms with Crippen molar-refractivity contribution in [2.45, 2.75) is 19.8 Å². The molecular formula is C15H18O4. The van der Waals surface area contributed by atoms with Crippen molar-refractivity contribution in [3.05, 3.63) is 22.8 Å². The molecule has 1 aromatic rings. The number of hydrogen-bond donors (Lipinski definition) is 0. The predicted octanol–water partition coefficient (Wildman–Crippen LogP) is 2.63. The third kappa shape index (κ3) is 2.30. The molecule has 0 unspecified atom stereocenters. The molecule has 4 heteroatoms. The van der Waals surface area contributed by atoms with E-state index in [0.717, 1.165) is 29.5 Å². The Morgan fingerprint density at radius 2 is 1.74 bits per heavy atom. The Morgan fingerprint density at radius 3 is 2.26 bits per heavy atom. The Hall–Kier alpha value is -1.97. The van der Waals surface area contributed by atoms with E-state index in [9.17, 15) is 4.79 Å². The molecule has 1 aromatic carbocycles. The van der Waals surface area contributed by atoms with Crippen molar-refractivity contribution >= 4 is 11.9 Å². The first kappa shape index (κ1) is 13.5. The summed E-state index contributed by atoms with van der Waals surface area (Å²) in [5.74, 6) is 2.01. The minimum Gasteiger partial charge on any atom is -0.493 e. The van der Waals surface area contributed by atoms with Gasteiger partial charge in [0.1, 0.15) is 0 Å². The summed E-state index contributed by atoms with van der Waals surface area (Å²) in [6.45, 7) is 1.59. The van der Waals surface area contributed by atoms with E-state index in [4.69, 9.17) is 14.2 Å². The van der Waals surface area contributed by atoms with Crippen LogP contribution in [-0.4, -0.2) is 27.1 Å². The lowest BCUT2D eigenvalue weighted by atomic mass is 9.89. The van der Waals surface area contributed by atoms with E-state index in [1.165, 1.54) is 0 Å². The fourth-order valence-corrected chi connectivity index (χ4v) is 2.42. The summed E-state index contributed by atoms with van der Waals surface area (Å²) in [5.41, 5.74) is 2.86. The summed E-state index contributed by atoms with van der Waals surface area (Å²) in [6.07, 6.45) is 3.41. The smallest absolute Gasteiger partial charge is 0.203 e. The molecule has 0 fully saturated rings. The van der Waals surface area contributed by atoms with Crippen LogP contribution in [0, 0.1) is 0 Å². The fourth-order valence-electron chi connectivity index (χ4n) is 2.42.